The van der Waals surface area contributed by atoms with Gasteiger partial charge in [0.1, 0.15) is 6.26 Å². The van der Waals surface area contributed by atoms with Crippen molar-refractivity contribution in [1.82, 2.24) is 9.97 Å². The first-order valence-electron chi connectivity index (χ1n) is 2.05. The molecule has 0 bridgehead atoms. The monoisotopic (exact) mass is 129 g/mol. The maximum absolute atomic E-state index is 10.5. The summed E-state index contributed by atoms with van der Waals surface area (Å²) in [7, 11) is 0. The van der Waals surface area contributed by atoms with Crippen molar-refractivity contribution < 1.29 is 4.55 Å². The Labute approximate surface area is 50.3 Å². The van der Waals surface area contributed by atoms with Crippen LogP contribution in [0.2, 0.25) is 0 Å². The second-order valence-corrected chi connectivity index (χ2v) is 2.58. The lowest BCUT2D eigenvalue weighted by Crippen LogP contribution is -1.98. The van der Waals surface area contributed by atoms with E-state index in [2.05, 4.69) is 16.2 Å². The molecule has 8 heavy (non-hydrogen) atoms. The minimum absolute atomic E-state index is 0.477. The summed E-state index contributed by atoms with van der Waals surface area (Å²) in [6.45, 7) is 0. The molecule has 0 aliphatic carbocycles. The number of rotatable bonds is 1. The molecule has 1 aromatic rings. The van der Waals surface area contributed by atoms with Crippen molar-refractivity contribution >= 4 is 11.2 Å². The highest BCUT2D eigenvalue weighted by Gasteiger charge is 2.03. The molecule has 0 aromatic carbocycles. The predicted octanol–water partition coefficient (Wildman–Crippen LogP) is -0.0527. The number of nitrogens with one attached hydrogen (secondary N) is 1. The van der Waals surface area contributed by atoms with Gasteiger partial charge in [-0.3, -0.25) is 4.98 Å². The first-order valence-corrected chi connectivity index (χ1v) is 3.61. The molecular weight excluding hydrogens is 124 g/mol. The third kappa shape index (κ3) is 1.02. The molecule has 0 fully saturated rings. The third-order valence-electron chi connectivity index (χ3n) is 0.698. The van der Waals surface area contributed by atoms with Crippen LogP contribution in [0.3, 0.4) is 0 Å². The van der Waals surface area contributed by atoms with E-state index in [9.17, 15) is 4.55 Å². The van der Waals surface area contributed by atoms with E-state index in [-0.39, 0.29) is 0 Å². The van der Waals surface area contributed by atoms with E-state index in [1.165, 1.54) is 6.20 Å². The summed E-state index contributed by atoms with van der Waals surface area (Å²) in [4.78, 5) is 6.30. The van der Waals surface area contributed by atoms with Gasteiger partial charge in [-0.25, -0.2) is 0 Å². The van der Waals surface area contributed by atoms with Crippen molar-refractivity contribution in [2.45, 2.75) is 5.16 Å². The molecule has 1 atom stereocenters. The molecule has 0 saturated heterocycles. The molecule has 1 rings (SSSR count). The maximum atomic E-state index is 10.5. The molecule has 1 N–H and O–H groups in total. The average molecular weight is 129 g/mol. The maximum Gasteiger partial charge on any atom is 0.320 e. The molecule has 4 heteroatoms. The zero-order valence-corrected chi connectivity index (χ0v) is 5.16. The fraction of sp³-hybridized carbons (Fsp3) is 0.250. The lowest BCUT2D eigenvalue weighted by atomic mass is 11.0. The van der Waals surface area contributed by atoms with Crippen LogP contribution in [0, 0.1) is 6.20 Å². The van der Waals surface area contributed by atoms with Gasteiger partial charge in [-0.05, 0) is 0 Å². The van der Waals surface area contributed by atoms with Crippen molar-refractivity contribution in [2.24, 2.45) is 0 Å². The Balaban J connectivity index is 2.77. The van der Waals surface area contributed by atoms with Crippen LogP contribution in [0.5, 0.6) is 0 Å². The molecule has 0 aliphatic rings. The van der Waals surface area contributed by atoms with Crippen LogP contribution in [-0.4, -0.2) is 20.8 Å². The van der Waals surface area contributed by atoms with Crippen molar-refractivity contribution in [3.05, 3.63) is 12.4 Å². The van der Waals surface area contributed by atoms with E-state index in [1.54, 1.807) is 6.26 Å². The Hall–Kier alpha value is -0.480. The number of hydrogen-bond acceptors (Lipinski definition) is 2. The largest absolute Gasteiger partial charge is 0.609 e. The van der Waals surface area contributed by atoms with Crippen molar-refractivity contribution in [2.75, 3.05) is 6.26 Å². The summed E-state index contributed by atoms with van der Waals surface area (Å²) in [6.07, 6.45) is 5.60. The van der Waals surface area contributed by atoms with E-state index in [0.29, 0.717) is 5.16 Å². The van der Waals surface area contributed by atoms with Gasteiger partial charge in [0.05, 0.1) is 12.4 Å². The van der Waals surface area contributed by atoms with Crippen LogP contribution in [-0.2, 0) is 11.2 Å². The summed E-state index contributed by atoms with van der Waals surface area (Å²) in [5, 5.41) is 0.477. The Kier molecular flexibility index (Phi) is 1.55. The molecule has 43 valence electrons. The summed E-state index contributed by atoms with van der Waals surface area (Å²) in [5.74, 6) is 0. The molecule has 0 spiro atoms. The SMILES string of the molecule is C[S+]([O-])c1nc[c][nH]1. The van der Waals surface area contributed by atoms with Crippen LogP contribution in [0.1, 0.15) is 0 Å². The van der Waals surface area contributed by atoms with Crippen molar-refractivity contribution in [1.29, 1.82) is 0 Å². The number of aromatic nitrogens is 2. The van der Waals surface area contributed by atoms with E-state index in [4.69, 9.17) is 0 Å². The predicted molar refractivity (Wildman–Crippen MR) is 29.8 cm³/mol. The first kappa shape index (κ1) is 5.65. The van der Waals surface area contributed by atoms with E-state index < -0.39 is 11.2 Å². The molecule has 1 radical (unpaired) electrons. The van der Waals surface area contributed by atoms with Gasteiger partial charge in [0.25, 0.3) is 0 Å². The van der Waals surface area contributed by atoms with Gasteiger partial charge in [-0.2, -0.15) is 4.98 Å². The van der Waals surface area contributed by atoms with Crippen LogP contribution in [0.4, 0.5) is 0 Å². The molecule has 1 unspecified atom stereocenters. The Morgan fingerprint density at radius 3 is 3.00 bits per heavy atom. The van der Waals surface area contributed by atoms with E-state index in [1.807, 2.05) is 0 Å². The molecule has 3 nitrogen and oxygen atoms in total. The van der Waals surface area contributed by atoms with Gasteiger partial charge >= 0.3 is 5.16 Å². The Morgan fingerprint density at radius 1 is 2.00 bits per heavy atom. The van der Waals surface area contributed by atoms with Crippen LogP contribution < -0.4 is 0 Å². The van der Waals surface area contributed by atoms with Crippen LogP contribution >= 0.6 is 0 Å². The first-order chi connectivity index (χ1) is 3.80. The lowest BCUT2D eigenvalue weighted by Gasteiger charge is -1.95. The second kappa shape index (κ2) is 2.19. The second-order valence-electron chi connectivity index (χ2n) is 1.29. The summed E-state index contributed by atoms with van der Waals surface area (Å²) in [5.41, 5.74) is 0. The van der Waals surface area contributed by atoms with Crippen LogP contribution in [0.15, 0.2) is 11.4 Å². The lowest BCUT2D eigenvalue weighted by molar-refractivity contribution is 0.594. The minimum atomic E-state index is -0.996. The zero-order chi connectivity index (χ0) is 5.98. The third-order valence-corrected chi connectivity index (χ3v) is 1.45. The van der Waals surface area contributed by atoms with Crippen LogP contribution in [0.25, 0.3) is 0 Å². The highest BCUT2D eigenvalue weighted by molar-refractivity contribution is 7.90. The average Bonchev–Trinajstić information content (AvgIpc) is 2.12. The summed E-state index contributed by atoms with van der Waals surface area (Å²) >= 11 is -0.996. The van der Waals surface area contributed by atoms with Gasteiger partial charge in [0.2, 0.25) is 0 Å². The van der Waals surface area contributed by atoms with E-state index >= 15 is 0 Å². The number of H-pyrrole nitrogens is 1. The van der Waals surface area contributed by atoms with E-state index in [0.717, 1.165) is 0 Å². The van der Waals surface area contributed by atoms with Gasteiger partial charge in [-0.15, -0.1) is 0 Å². The molecular formula is C4H5N2OS. The van der Waals surface area contributed by atoms with Gasteiger partial charge in [0, 0.05) is 11.2 Å². The molecule has 1 heterocycles. The molecule has 1 aromatic heterocycles. The number of nitrogens with zero attached hydrogens (tertiary/aromatic N) is 1. The molecule has 0 aliphatic heterocycles. The molecule has 0 amide bonds. The standard InChI is InChI=1S/C4H5N2OS/c1-8(7)4-5-2-3-6-4/h2H,1H3,(H,5,6). The topological polar surface area (TPSA) is 51.7 Å². The quantitative estimate of drug-likeness (QED) is 0.540. The Morgan fingerprint density at radius 2 is 2.75 bits per heavy atom. The minimum Gasteiger partial charge on any atom is -0.609 e. The fourth-order valence-electron chi connectivity index (χ4n) is 0.363. The highest BCUT2D eigenvalue weighted by Crippen LogP contribution is 1.96. The fourth-order valence-corrected chi connectivity index (χ4v) is 0.767. The molecule has 0 saturated carbocycles. The van der Waals surface area contributed by atoms with Gasteiger partial charge in [0.15, 0.2) is 0 Å². The zero-order valence-electron chi connectivity index (χ0n) is 4.34. The smallest absolute Gasteiger partial charge is 0.320 e. The summed E-state index contributed by atoms with van der Waals surface area (Å²) < 4.78 is 10.5. The number of hydrogen-bond donors (Lipinski definition) is 1. The number of imidazole rings is 1. The number of aromatic amines is 1. The Bertz CT molecular complexity index is 149. The highest BCUT2D eigenvalue weighted by atomic mass is 32.2. The normalized spacial score (nSPS) is 13.8. The van der Waals surface area contributed by atoms with Crippen molar-refractivity contribution in [3.63, 3.8) is 0 Å². The van der Waals surface area contributed by atoms with Gasteiger partial charge < -0.3 is 4.55 Å². The summed E-state index contributed by atoms with van der Waals surface area (Å²) in [6, 6.07) is 0. The van der Waals surface area contributed by atoms with Gasteiger partial charge in [-0.1, -0.05) is 0 Å². The van der Waals surface area contributed by atoms with Crippen molar-refractivity contribution in [3.8, 4) is 0 Å².